The van der Waals surface area contributed by atoms with Crippen LogP contribution in [0, 0.1) is 18.6 Å². The molecule has 0 radical (unpaired) electrons. The lowest BCUT2D eigenvalue weighted by Crippen LogP contribution is -2.16. The van der Waals surface area contributed by atoms with E-state index in [2.05, 4.69) is 47.6 Å². The lowest BCUT2D eigenvalue weighted by molar-refractivity contribution is 0.248. The summed E-state index contributed by atoms with van der Waals surface area (Å²) in [5.41, 5.74) is 5.39. The molecule has 6 heteroatoms. The van der Waals surface area contributed by atoms with E-state index in [1.807, 2.05) is 30.3 Å². The fraction of sp³-hybridized carbons (Fsp3) is 0.286. The molecule has 2 N–H and O–H groups in total. The zero-order valence-electron chi connectivity index (χ0n) is 28.7. The van der Waals surface area contributed by atoms with Crippen molar-refractivity contribution in [1.29, 1.82) is 0 Å². The van der Waals surface area contributed by atoms with Gasteiger partial charge >= 0.3 is 0 Å². The van der Waals surface area contributed by atoms with Crippen LogP contribution >= 0.6 is 0 Å². The minimum atomic E-state index is -0.460. The van der Waals surface area contributed by atoms with Gasteiger partial charge in [-0.3, -0.25) is 0 Å². The minimum absolute atomic E-state index is 0.00713. The highest BCUT2D eigenvalue weighted by Gasteiger charge is 2.23. The van der Waals surface area contributed by atoms with E-state index < -0.39 is 11.6 Å². The van der Waals surface area contributed by atoms with E-state index in [1.54, 1.807) is 37.3 Å². The molecule has 0 unspecified atom stereocenters. The number of rotatable bonds is 9. The summed E-state index contributed by atoms with van der Waals surface area (Å²) in [5, 5.41) is 22.2. The SMILES string of the molecule is Cc1cc(F)cc(-c2ccccc2OCCCOc2ccccc2-c2cc(F)cc(-c3cc(C(C)(C)C)cc(C(C)(C)C)c3)c2O)c1O. The largest absolute Gasteiger partial charge is 0.507 e. The number of halogens is 2. The molecule has 0 saturated heterocycles. The number of phenolic OH excluding ortho intramolecular Hbond substituents is 2. The Labute approximate surface area is 282 Å². The summed E-state index contributed by atoms with van der Waals surface area (Å²) in [6.07, 6.45) is 0.506. The van der Waals surface area contributed by atoms with Crippen molar-refractivity contribution in [1.82, 2.24) is 0 Å². The van der Waals surface area contributed by atoms with Crippen LogP contribution in [0.5, 0.6) is 23.0 Å². The van der Waals surface area contributed by atoms with Gasteiger partial charge in [0.2, 0.25) is 0 Å². The van der Waals surface area contributed by atoms with Gasteiger partial charge in [0.25, 0.3) is 0 Å². The molecule has 0 aliphatic rings. The number of hydrogen-bond acceptors (Lipinski definition) is 4. The second-order valence-corrected chi connectivity index (χ2v) is 14.3. The maximum atomic E-state index is 15.3. The van der Waals surface area contributed by atoms with Crippen LogP contribution in [0.2, 0.25) is 0 Å². The molecule has 5 aromatic carbocycles. The summed E-state index contributed by atoms with van der Waals surface area (Å²) in [6, 6.07) is 26.0. The van der Waals surface area contributed by atoms with Crippen LogP contribution < -0.4 is 9.47 Å². The van der Waals surface area contributed by atoms with Crippen LogP contribution in [-0.4, -0.2) is 23.4 Å². The second kappa shape index (κ2) is 13.7. The van der Waals surface area contributed by atoms with Gasteiger partial charge in [0.15, 0.2) is 0 Å². The number of benzene rings is 5. The van der Waals surface area contributed by atoms with Crippen molar-refractivity contribution in [2.75, 3.05) is 13.2 Å². The van der Waals surface area contributed by atoms with E-state index in [0.717, 1.165) is 16.7 Å². The quantitative estimate of drug-likeness (QED) is 0.156. The van der Waals surface area contributed by atoms with Crippen molar-refractivity contribution < 1.29 is 28.5 Å². The Bertz CT molecular complexity index is 1900. The molecule has 48 heavy (non-hydrogen) atoms. The summed E-state index contributed by atoms with van der Waals surface area (Å²) < 4.78 is 41.7. The van der Waals surface area contributed by atoms with Crippen molar-refractivity contribution in [3.8, 4) is 56.4 Å². The molecule has 0 bridgehead atoms. The van der Waals surface area contributed by atoms with Gasteiger partial charge in [-0.2, -0.15) is 0 Å². The zero-order chi connectivity index (χ0) is 34.8. The Morgan fingerprint density at radius 2 is 0.979 bits per heavy atom. The molecule has 5 rings (SSSR count). The highest BCUT2D eigenvalue weighted by Crippen LogP contribution is 2.44. The molecule has 0 saturated carbocycles. The molecule has 0 atom stereocenters. The minimum Gasteiger partial charge on any atom is -0.507 e. The standard InChI is InChI=1S/C42H44F2O4/c1-26-19-30(43)24-35(39(26)45)32-13-8-10-15-37(32)47-17-12-18-48-38-16-11-9-14-33(38)36-25-31(44)23-34(40(36)46)27-20-28(41(2,3)4)22-29(21-27)42(5,6)7/h8-11,13-16,19-25,45-46H,12,17-18H2,1-7H3. The predicted octanol–water partition coefficient (Wildman–Crippen LogP) is 11.1. The normalized spacial score (nSPS) is 11.9. The summed E-state index contributed by atoms with van der Waals surface area (Å²) in [4.78, 5) is 0. The van der Waals surface area contributed by atoms with Crippen molar-refractivity contribution in [2.45, 2.75) is 65.7 Å². The Balaban J connectivity index is 1.37. The van der Waals surface area contributed by atoms with Gasteiger partial charge in [-0.1, -0.05) is 96.1 Å². The monoisotopic (exact) mass is 650 g/mol. The summed E-state index contributed by atoms with van der Waals surface area (Å²) in [6.45, 7) is 15.1. The van der Waals surface area contributed by atoms with Gasteiger partial charge in [-0.05, 0) is 76.4 Å². The van der Waals surface area contributed by atoms with Crippen molar-refractivity contribution >= 4 is 0 Å². The smallest absolute Gasteiger partial charge is 0.131 e. The fourth-order valence-corrected chi connectivity index (χ4v) is 5.67. The van der Waals surface area contributed by atoms with Crippen molar-refractivity contribution in [3.05, 3.63) is 119 Å². The van der Waals surface area contributed by atoms with Crippen LogP contribution in [0.15, 0.2) is 91.0 Å². The van der Waals surface area contributed by atoms with E-state index in [0.29, 0.717) is 57.9 Å². The summed E-state index contributed by atoms with van der Waals surface area (Å²) in [7, 11) is 0. The molecular formula is C42H44F2O4. The first kappa shape index (κ1) is 34.5. The summed E-state index contributed by atoms with van der Waals surface area (Å²) in [5.74, 6) is 0.107. The number of ether oxygens (including phenoxy) is 2. The van der Waals surface area contributed by atoms with Gasteiger partial charge in [0.05, 0.1) is 13.2 Å². The van der Waals surface area contributed by atoms with E-state index in [4.69, 9.17) is 9.47 Å². The molecule has 0 spiro atoms. The van der Waals surface area contributed by atoms with E-state index >= 15 is 4.39 Å². The van der Waals surface area contributed by atoms with Gasteiger partial charge in [-0.25, -0.2) is 8.78 Å². The number of phenols is 2. The molecule has 5 aromatic rings. The van der Waals surface area contributed by atoms with Gasteiger partial charge < -0.3 is 19.7 Å². The van der Waals surface area contributed by atoms with Gasteiger partial charge in [0, 0.05) is 34.2 Å². The average molecular weight is 651 g/mol. The van der Waals surface area contributed by atoms with Crippen molar-refractivity contribution in [3.63, 3.8) is 0 Å². The Morgan fingerprint density at radius 1 is 0.542 bits per heavy atom. The number of aromatic hydroxyl groups is 2. The second-order valence-electron chi connectivity index (χ2n) is 14.3. The molecule has 0 amide bonds. The maximum Gasteiger partial charge on any atom is 0.131 e. The molecule has 250 valence electrons. The third-order valence-electron chi connectivity index (χ3n) is 8.47. The first-order valence-corrected chi connectivity index (χ1v) is 16.3. The third kappa shape index (κ3) is 7.65. The molecule has 0 fully saturated rings. The van der Waals surface area contributed by atoms with Crippen LogP contribution in [0.1, 0.15) is 64.7 Å². The lowest BCUT2D eigenvalue weighted by Gasteiger charge is -2.26. The number of aryl methyl sites for hydroxylation is 1. The van der Waals surface area contributed by atoms with Crippen molar-refractivity contribution in [2.24, 2.45) is 0 Å². The van der Waals surface area contributed by atoms with Crippen LogP contribution in [0.3, 0.4) is 0 Å². The van der Waals surface area contributed by atoms with Gasteiger partial charge in [0.1, 0.15) is 34.6 Å². The highest BCUT2D eigenvalue weighted by molar-refractivity contribution is 5.85. The van der Waals surface area contributed by atoms with Crippen LogP contribution in [0.4, 0.5) is 8.78 Å². The zero-order valence-corrected chi connectivity index (χ0v) is 28.7. The number of para-hydroxylation sites is 2. The first-order valence-electron chi connectivity index (χ1n) is 16.3. The topological polar surface area (TPSA) is 58.9 Å². The lowest BCUT2D eigenvalue weighted by atomic mass is 9.78. The summed E-state index contributed by atoms with van der Waals surface area (Å²) >= 11 is 0. The Hall–Kier alpha value is -4.84. The molecule has 4 nitrogen and oxygen atoms in total. The molecule has 0 aromatic heterocycles. The van der Waals surface area contributed by atoms with Crippen LogP contribution in [-0.2, 0) is 10.8 Å². The Kier molecular flexibility index (Phi) is 9.86. The molecule has 0 aliphatic carbocycles. The molecule has 0 aliphatic heterocycles. The highest BCUT2D eigenvalue weighted by atomic mass is 19.1. The van der Waals surface area contributed by atoms with E-state index in [1.165, 1.54) is 24.3 Å². The molecular weight excluding hydrogens is 606 g/mol. The maximum absolute atomic E-state index is 15.3. The third-order valence-corrected chi connectivity index (χ3v) is 8.47. The molecule has 0 heterocycles. The predicted molar refractivity (Wildman–Crippen MR) is 190 cm³/mol. The van der Waals surface area contributed by atoms with E-state index in [9.17, 15) is 14.6 Å². The first-order chi connectivity index (χ1) is 22.6. The van der Waals surface area contributed by atoms with Crippen LogP contribution in [0.25, 0.3) is 33.4 Å². The Morgan fingerprint density at radius 3 is 1.48 bits per heavy atom. The number of hydrogen-bond donors (Lipinski definition) is 2. The van der Waals surface area contributed by atoms with Gasteiger partial charge in [-0.15, -0.1) is 0 Å². The van der Waals surface area contributed by atoms with E-state index in [-0.39, 0.29) is 28.9 Å². The fourth-order valence-electron chi connectivity index (χ4n) is 5.67. The average Bonchev–Trinajstić information content (AvgIpc) is 3.03.